The van der Waals surface area contributed by atoms with E-state index in [1.54, 1.807) is 0 Å². The maximum Gasteiger partial charge on any atom is 0.266 e. The highest BCUT2D eigenvalue weighted by atomic mass is 16.5. The average Bonchev–Trinajstić information content (AvgIpc) is 3.00. The van der Waals surface area contributed by atoms with E-state index in [0.717, 1.165) is 45.5 Å². The predicted octanol–water partition coefficient (Wildman–Crippen LogP) is 9.38. The molecule has 222 valence electrons. The van der Waals surface area contributed by atoms with Gasteiger partial charge in [-0.15, -0.1) is 0 Å². The second-order valence-electron chi connectivity index (χ2n) is 13.3. The standard InChI is InChI=1S/C42H34BNO2/c1-23-16-25(3)38(26(4)17-23)29-20-30(39-27(5)18-24(2)19-28(39)6)22-31(21-29)44-32-10-7-12-34-40(32)43-41-33(44)11-8-13-35(41)46-37-15-9-14-36(45-34)42(37)43/h7-22H,1-6H3. The first-order chi connectivity index (χ1) is 22.3. The number of nitrogens with zero attached hydrogens (tertiary/aromatic N) is 1. The van der Waals surface area contributed by atoms with Crippen LogP contribution in [0, 0.1) is 41.5 Å². The Morgan fingerprint density at radius 2 is 0.848 bits per heavy atom. The van der Waals surface area contributed by atoms with Crippen molar-refractivity contribution >= 4 is 40.2 Å². The van der Waals surface area contributed by atoms with E-state index < -0.39 is 0 Å². The van der Waals surface area contributed by atoms with Crippen LogP contribution in [0.2, 0.25) is 0 Å². The minimum absolute atomic E-state index is 0.0492. The minimum atomic E-state index is 0.0492. The highest BCUT2D eigenvalue weighted by molar-refractivity contribution is 7.00. The van der Waals surface area contributed by atoms with Gasteiger partial charge in [0.1, 0.15) is 23.0 Å². The number of aryl methyl sites for hydroxylation is 6. The molecule has 0 aromatic heterocycles. The van der Waals surface area contributed by atoms with Crippen molar-refractivity contribution in [2.24, 2.45) is 0 Å². The fourth-order valence-electron chi connectivity index (χ4n) is 8.58. The molecule has 0 radical (unpaired) electrons. The molecule has 0 saturated carbocycles. The molecule has 3 heterocycles. The molecule has 0 fully saturated rings. The lowest BCUT2D eigenvalue weighted by Gasteiger charge is -2.42. The summed E-state index contributed by atoms with van der Waals surface area (Å²) in [5.41, 5.74) is 19.7. The third kappa shape index (κ3) is 3.80. The van der Waals surface area contributed by atoms with Crippen LogP contribution in [0.25, 0.3) is 22.3 Å². The molecular formula is C42H34BNO2. The summed E-state index contributed by atoms with van der Waals surface area (Å²) in [5, 5.41) is 0. The third-order valence-corrected chi connectivity index (χ3v) is 10.0. The van der Waals surface area contributed by atoms with Gasteiger partial charge in [0.05, 0.1) is 0 Å². The number of ether oxygens (including phenoxy) is 2. The molecule has 0 bridgehead atoms. The van der Waals surface area contributed by atoms with Crippen LogP contribution in [0.1, 0.15) is 33.4 Å². The SMILES string of the molecule is Cc1cc(C)c(-c2cc(-c3c(C)cc(C)cc3C)cc(N3c4cccc5c4B4c6c(cccc6Oc6cccc3c64)O5)c2)c(C)c1. The van der Waals surface area contributed by atoms with Gasteiger partial charge in [-0.25, -0.2) is 0 Å². The number of rotatable bonds is 3. The molecule has 3 aliphatic heterocycles. The molecule has 3 nitrogen and oxygen atoms in total. The molecule has 0 aliphatic carbocycles. The summed E-state index contributed by atoms with van der Waals surface area (Å²) in [6, 6.07) is 35.4. The fourth-order valence-corrected chi connectivity index (χ4v) is 8.58. The Morgan fingerprint density at radius 1 is 0.457 bits per heavy atom. The Hall–Kier alpha value is -5.22. The van der Waals surface area contributed by atoms with Crippen LogP contribution in [0.5, 0.6) is 23.0 Å². The van der Waals surface area contributed by atoms with E-state index in [1.165, 1.54) is 66.6 Å². The molecular weight excluding hydrogens is 561 g/mol. The lowest BCUT2D eigenvalue weighted by atomic mass is 9.33. The zero-order valence-electron chi connectivity index (χ0n) is 27.1. The van der Waals surface area contributed by atoms with Gasteiger partial charge in [0.25, 0.3) is 6.71 Å². The van der Waals surface area contributed by atoms with Crippen molar-refractivity contribution in [3.05, 3.63) is 130 Å². The first-order valence-electron chi connectivity index (χ1n) is 16.1. The zero-order valence-corrected chi connectivity index (χ0v) is 27.1. The van der Waals surface area contributed by atoms with Gasteiger partial charge in [0.2, 0.25) is 0 Å². The summed E-state index contributed by atoms with van der Waals surface area (Å²) < 4.78 is 13.2. The van der Waals surface area contributed by atoms with E-state index in [4.69, 9.17) is 9.47 Å². The van der Waals surface area contributed by atoms with Crippen molar-refractivity contribution in [2.45, 2.75) is 41.5 Å². The second kappa shape index (κ2) is 9.64. The van der Waals surface area contributed by atoms with E-state index in [-0.39, 0.29) is 6.71 Å². The quantitative estimate of drug-likeness (QED) is 0.190. The molecule has 0 spiro atoms. The molecule has 0 unspecified atom stereocenters. The van der Waals surface area contributed by atoms with Crippen LogP contribution in [0.4, 0.5) is 17.1 Å². The molecule has 46 heavy (non-hydrogen) atoms. The Labute approximate surface area is 271 Å². The topological polar surface area (TPSA) is 21.7 Å². The minimum Gasteiger partial charge on any atom is -0.458 e. The highest BCUT2D eigenvalue weighted by Crippen LogP contribution is 2.47. The summed E-state index contributed by atoms with van der Waals surface area (Å²) in [7, 11) is 0. The summed E-state index contributed by atoms with van der Waals surface area (Å²) in [4.78, 5) is 2.44. The lowest BCUT2D eigenvalue weighted by molar-refractivity contribution is 0.464. The van der Waals surface area contributed by atoms with Crippen molar-refractivity contribution < 1.29 is 9.47 Å². The Kier molecular flexibility index (Phi) is 5.69. The van der Waals surface area contributed by atoms with Crippen molar-refractivity contribution in [3.63, 3.8) is 0 Å². The van der Waals surface area contributed by atoms with Crippen molar-refractivity contribution in [1.82, 2.24) is 0 Å². The fraction of sp³-hybridized carbons (Fsp3) is 0.143. The van der Waals surface area contributed by atoms with E-state index in [9.17, 15) is 0 Å². The molecule has 3 aliphatic rings. The Bertz CT molecular complexity index is 2100. The van der Waals surface area contributed by atoms with Crippen LogP contribution in [-0.4, -0.2) is 6.71 Å². The summed E-state index contributed by atoms with van der Waals surface area (Å²) in [6.07, 6.45) is 0. The molecule has 0 saturated heterocycles. The van der Waals surface area contributed by atoms with Gasteiger partial charge in [-0.2, -0.15) is 0 Å². The number of hydrogen-bond acceptors (Lipinski definition) is 3. The highest BCUT2D eigenvalue weighted by Gasteiger charge is 2.47. The Balaban J connectivity index is 1.36. The molecule has 0 N–H and O–H groups in total. The van der Waals surface area contributed by atoms with E-state index in [1.807, 2.05) is 6.07 Å². The van der Waals surface area contributed by atoms with Crippen molar-refractivity contribution in [1.29, 1.82) is 0 Å². The first kappa shape index (κ1) is 27.1. The molecule has 0 atom stereocenters. The average molecular weight is 596 g/mol. The van der Waals surface area contributed by atoms with Gasteiger partial charge in [0.15, 0.2) is 0 Å². The molecule has 4 heteroatoms. The monoisotopic (exact) mass is 595 g/mol. The first-order valence-corrected chi connectivity index (χ1v) is 16.1. The summed E-state index contributed by atoms with van der Waals surface area (Å²) >= 11 is 0. The maximum absolute atomic E-state index is 6.60. The predicted molar refractivity (Wildman–Crippen MR) is 192 cm³/mol. The molecule has 0 amide bonds. The number of anilines is 3. The Morgan fingerprint density at radius 3 is 1.28 bits per heavy atom. The number of benzene rings is 6. The molecule has 6 aromatic rings. The van der Waals surface area contributed by atoms with Gasteiger partial charge < -0.3 is 14.4 Å². The molecule has 6 aromatic carbocycles. The van der Waals surface area contributed by atoms with Crippen molar-refractivity contribution in [2.75, 3.05) is 4.90 Å². The van der Waals surface area contributed by atoms with Gasteiger partial charge in [-0.1, -0.05) is 53.6 Å². The lowest BCUT2D eigenvalue weighted by Crippen LogP contribution is -2.61. The van der Waals surface area contributed by atoms with E-state index >= 15 is 0 Å². The van der Waals surface area contributed by atoms with Crippen LogP contribution in [0.3, 0.4) is 0 Å². The van der Waals surface area contributed by atoms with Gasteiger partial charge in [0, 0.05) is 22.5 Å². The van der Waals surface area contributed by atoms with Crippen molar-refractivity contribution in [3.8, 4) is 45.3 Å². The second-order valence-corrected chi connectivity index (χ2v) is 13.3. The maximum atomic E-state index is 6.60. The van der Waals surface area contributed by atoms with Gasteiger partial charge >= 0.3 is 0 Å². The van der Waals surface area contributed by atoms with Crippen LogP contribution in [-0.2, 0) is 0 Å². The third-order valence-electron chi connectivity index (χ3n) is 10.0. The smallest absolute Gasteiger partial charge is 0.266 e. The van der Waals surface area contributed by atoms with Crippen LogP contribution < -0.4 is 30.8 Å². The summed E-state index contributed by atoms with van der Waals surface area (Å²) in [5.74, 6) is 3.57. The summed E-state index contributed by atoms with van der Waals surface area (Å²) in [6.45, 7) is 13.4. The van der Waals surface area contributed by atoms with E-state index in [2.05, 4.69) is 137 Å². The molecule has 9 rings (SSSR count). The normalized spacial score (nSPS) is 13.3. The van der Waals surface area contributed by atoms with Crippen LogP contribution >= 0.6 is 0 Å². The van der Waals surface area contributed by atoms with Gasteiger partial charge in [-0.3, -0.25) is 0 Å². The largest absolute Gasteiger partial charge is 0.458 e. The van der Waals surface area contributed by atoms with E-state index in [0.29, 0.717) is 0 Å². The van der Waals surface area contributed by atoms with Crippen LogP contribution in [0.15, 0.2) is 97.1 Å². The number of hydrogen-bond donors (Lipinski definition) is 0. The van der Waals surface area contributed by atoms with Gasteiger partial charge in [-0.05, 0) is 152 Å². The zero-order chi connectivity index (χ0) is 31.4.